The van der Waals surface area contributed by atoms with Crippen LogP contribution in [0.5, 0.6) is 0 Å². The van der Waals surface area contributed by atoms with Crippen molar-refractivity contribution in [3.05, 3.63) is 48.0 Å². The molecule has 2 aliphatic rings. The Labute approximate surface area is 110 Å². The largest absolute Gasteiger partial charge is 0.327 e. The Morgan fingerprint density at radius 3 is 2.47 bits per heavy atom. The Hall–Kier alpha value is -2.17. The van der Waals surface area contributed by atoms with E-state index in [1.807, 2.05) is 4.90 Å². The quantitative estimate of drug-likeness (QED) is 0.819. The van der Waals surface area contributed by atoms with Gasteiger partial charge in [0.2, 0.25) is 5.91 Å². The van der Waals surface area contributed by atoms with E-state index in [0.717, 1.165) is 12.8 Å². The molecule has 2 unspecified atom stereocenters. The molecule has 2 aromatic rings. The van der Waals surface area contributed by atoms with E-state index in [4.69, 9.17) is 0 Å². The van der Waals surface area contributed by atoms with E-state index in [-0.39, 0.29) is 24.5 Å². The van der Waals surface area contributed by atoms with Gasteiger partial charge in [-0.1, -0.05) is 24.3 Å². The second kappa shape index (κ2) is 3.91. The fourth-order valence-electron chi connectivity index (χ4n) is 3.42. The zero-order valence-electron chi connectivity index (χ0n) is 10.4. The number of fused-ring (bicyclic) bond motifs is 5. The monoisotopic (exact) mass is 254 g/mol. The minimum absolute atomic E-state index is 0.134. The third-order valence-electron chi connectivity index (χ3n) is 4.15. The second-order valence-corrected chi connectivity index (χ2v) is 5.13. The van der Waals surface area contributed by atoms with Crippen LogP contribution >= 0.6 is 0 Å². The molecule has 2 atom stereocenters. The molecule has 5 heteroatoms. The highest BCUT2D eigenvalue weighted by Gasteiger charge is 2.45. The lowest BCUT2D eigenvalue weighted by atomic mass is 9.92. The number of hydrogen-bond acceptors (Lipinski definition) is 3. The summed E-state index contributed by atoms with van der Waals surface area (Å²) in [6.45, 7) is 0.279. The Balaban J connectivity index is 1.63. The van der Waals surface area contributed by atoms with Crippen molar-refractivity contribution < 1.29 is 4.79 Å². The number of amides is 1. The number of carbonyl (C=O) groups is 1. The molecule has 0 N–H and O–H groups in total. The summed E-state index contributed by atoms with van der Waals surface area (Å²) in [6, 6.07) is 8.93. The maximum absolute atomic E-state index is 12.5. The molecular weight excluding hydrogens is 240 g/mol. The zero-order chi connectivity index (χ0) is 12.8. The fraction of sp³-hybridized carbons (Fsp3) is 0.357. The molecule has 1 amide bonds. The Morgan fingerprint density at radius 1 is 1.21 bits per heavy atom. The number of nitrogens with zero attached hydrogens (tertiary/aromatic N) is 4. The molecule has 1 saturated heterocycles. The van der Waals surface area contributed by atoms with Crippen molar-refractivity contribution >= 4 is 5.91 Å². The van der Waals surface area contributed by atoms with E-state index in [9.17, 15) is 4.79 Å². The predicted molar refractivity (Wildman–Crippen MR) is 68.0 cm³/mol. The van der Waals surface area contributed by atoms with Crippen LogP contribution in [-0.4, -0.2) is 25.6 Å². The van der Waals surface area contributed by atoms with E-state index < -0.39 is 0 Å². The summed E-state index contributed by atoms with van der Waals surface area (Å²) in [5.41, 5.74) is 2.65. The van der Waals surface area contributed by atoms with Crippen molar-refractivity contribution in [3.63, 3.8) is 0 Å². The van der Waals surface area contributed by atoms with Gasteiger partial charge in [0.1, 0.15) is 19.2 Å². The molecule has 0 saturated carbocycles. The molecule has 4 rings (SSSR count). The highest BCUT2D eigenvalue weighted by Crippen LogP contribution is 2.52. The van der Waals surface area contributed by atoms with E-state index in [1.165, 1.54) is 17.5 Å². The average molecular weight is 254 g/mol. The summed E-state index contributed by atoms with van der Waals surface area (Å²) < 4.78 is 1.59. The Morgan fingerprint density at radius 2 is 1.89 bits per heavy atom. The first-order valence-corrected chi connectivity index (χ1v) is 6.57. The number of rotatable bonds is 2. The Bertz CT molecular complexity index is 591. The van der Waals surface area contributed by atoms with Gasteiger partial charge in [-0.2, -0.15) is 5.10 Å². The molecule has 2 bridgehead atoms. The first kappa shape index (κ1) is 10.7. The van der Waals surface area contributed by atoms with Crippen LogP contribution in [0.25, 0.3) is 0 Å². The normalized spacial score (nSPS) is 23.7. The lowest BCUT2D eigenvalue weighted by Gasteiger charge is -2.22. The van der Waals surface area contributed by atoms with Gasteiger partial charge in [-0.15, -0.1) is 0 Å². The number of benzene rings is 1. The molecular formula is C14H14N4O. The first-order valence-electron chi connectivity index (χ1n) is 6.57. The predicted octanol–water partition coefficient (Wildman–Crippen LogP) is 1.70. The molecule has 0 radical (unpaired) electrons. The number of aromatic nitrogens is 3. The van der Waals surface area contributed by atoms with Gasteiger partial charge in [-0.05, 0) is 24.0 Å². The van der Waals surface area contributed by atoms with Crippen LogP contribution in [0.3, 0.4) is 0 Å². The average Bonchev–Trinajstić information content (AvgIpc) is 3.13. The summed E-state index contributed by atoms with van der Waals surface area (Å²) >= 11 is 0. The van der Waals surface area contributed by atoms with Gasteiger partial charge >= 0.3 is 0 Å². The van der Waals surface area contributed by atoms with Gasteiger partial charge in [0.05, 0.1) is 12.1 Å². The number of carbonyl (C=O) groups excluding carboxylic acids is 1. The smallest absolute Gasteiger partial charge is 0.245 e. The van der Waals surface area contributed by atoms with Crippen LogP contribution < -0.4 is 0 Å². The minimum Gasteiger partial charge on any atom is -0.327 e. The van der Waals surface area contributed by atoms with Gasteiger partial charge in [0, 0.05) is 0 Å². The van der Waals surface area contributed by atoms with Crippen LogP contribution in [0.1, 0.15) is 36.1 Å². The SMILES string of the molecule is O=C(Cn1cncn1)N1C2CCC1c1ccccc12. The van der Waals surface area contributed by atoms with E-state index in [0.29, 0.717) is 0 Å². The topological polar surface area (TPSA) is 51.0 Å². The molecule has 0 spiro atoms. The van der Waals surface area contributed by atoms with Crippen molar-refractivity contribution in [2.75, 3.05) is 0 Å². The third-order valence-corrected chi connectivity index (χ3v) is 4.15. The lowest BCUT2D eigenvalue weighted by Crippen LogP contribution is -2.31. The summed E-state index contributed by atoms with van der Waals surface area (Å²) in [5.74, 6) is 0.134. The van der Waals surface area contributed by atoms with Crippen molar-refractivity contribution in [2.45, 2.75) is 31.5 Å². The fourth-order valence-corrected chi connectivity index (χ4v) is 3.42. The van der Waals surface area contributed by atoms with E-state index in [2.05, 4.69) is 34.3 Å². The third kappa shape index (κ3) is 1.51. The maximum atomic E-state index is 12.5. The lowest BCUT2D eigenvalue weighted by molar-refractivity contribution is -0.134. The van der Waals surface area contributed by atoms with E-state index >= 15 is 0 Å². The highest BCUT2D eigenvalue weighted by atomic mass is 16.2. The van der Waals surface area contributed by atoms with Crippen LogP contribution in [0.15, 0.2) is 36.9 Å². The van der Waals surface area contributed by atoms with Gasteiger partial charge in [0.25, 0.3) is 0 Å². The number of hydrogen-bond donors (Lipinski definition) is 0. The molecule has 1 aromatic heterocycles. The van der Waals surface area contributed by atoms with Crippen molar-refractivity contribution in [2.24, 2.45) is 0 Å². The summed E-state index contributed by atoms with van der Waals surface area (Å²) in [6.07, 6.45) is 5.19. The highest BCUT2D eigenvalue weighted by molar-refractivity contribution is 5.78. The van der Waals surface area contributed by atoms with Gasteiger partial charge in [-0.3, -0.25) is 4.79 Å². The molecule has 19 heavy (non-hydrogen) atoms. The summed E-state index contributed by atoms with van der Waals surface area (Å²) in [7, 11) is 0. The van der Waals surface area contributed by atoms with Crippen molar-refractivity contribution in [1.82, 2.24) is 19.7 Å². The van der Waals surface area contributed by atoms with Crippen molar-refractivity contribution in [3.8, 4) is 0 Å². The van der Waals surface area contributed by atoms with Crippen molar-refractivity contribution in [1.29, 1.82) is 0 Å². The van der Waals surface area contributed by atoms with Gasteiger partial charge in [0.15, 0.2) is 0 Å². The molecule has 96 valence electrons. The summed E-state index contributed by atoms with van der Waals surface area (Å²) in [4.78, 5) is 18.4. The van der Waals surface area contributed by atoms with Crippen LogP contribution in [0.2, 0.25) is 0 Å². The van der Waals surface area contributed by atoms with E-state index in [1.54, 1.807) is 11.0 Å². The Kier molecular flexibility index (Phi) is 2.21. The van der Waals surface area contributed by atoms with Gasteiger partial charge < -0.3 is 4.90 Å². The zero-order valence-corrected chi connectivity index (χ0v) is 10.4. The molecule has 3 heterocycles. The van der Waals surface area contributed by atoms with Gasteiger partial charge in [-0.25, -0.2) is 9.67 Å². The molecule has 1 fully saturated rings. The maximum Gasteiger partial charge on any atom is 0.245 e. The second-order valence-electron chi connectivity index (χ2n) is 5.13. The molecule has 1 aromatic carbocycles. The minimum atomic E-state index is 0.134. The van der Waals surface area contributed by atoms with Crippen LogP contribution in [0, 0.1) is 0 Å². The first-order chi connectivity index (χ1) is 9.34. The summed E-state index contributed by atoms with van der Waals surface area (Å²) in [5, 5.41) is 4.01. The molecule has 2 aliphatic heterocycles. The molecule has 0 aliphatic carbocycles. The van der Waals surface area contributed by atoms with Crippen LogP contribution in [-0.2, 0) is 11.3 Å². The molecule has 5 nitrogen and oxygen atoms in total. The standard InChI is InChI=1S/C14H14N4O/c19-14(7-17-9-15-8-16-17)18-12-5-6-13(18)11-4-2-1-3-10(11)12/h1-4,8-9,12-13H,5-7H2. The van der Waals surface area contributed by atoms with Crippen LogP contribution in [0.4, 0.5) is 0 Å².